The van der Waals surface area contributed by atoms with Gasteiger partial charge in [0.25, 0.3) is 5.91 Å². The topological polar surface area (TPSA) is 83.6 Å². The maximum absolute atomic E-state index is 12.7. The zero-order valence-corrected chi connectivity index (χ0v) is 15.9. The van der Waals surface area contributed by atoms with Gasteiger partial charge in [-0.25, -0.2) is 8.42 Å². The second-order valence-corrected chi connectivity index (χ2v) is 8.69. The van der Waals surface area contributed by atoms with Crippen molar-refractivity contribution < 1.29 is 18.0 Å². The van der Waals surface area contributed by atoms with Gasteiger partial charge < -0.3 is 10.2 Å². The Morgan fingerprint density at radius 3 is 2.33 bits per heavy atom. The van der Waals surface area contributed by atoms with Crippen LogP contribution in [0.5, 0.6) is 0 Å². The van der Waals surface area contributed by atoms with Crippen LogP contribution < -0.4 is 5.32 Å². The molecule has 0 spiro atoms. The van der Waals surface area contributed by atoms with Crippen molar-refractivity contribution in [3.63, 3.8) is 0 Å². The van der Waals surface area contributed by atoms with Gasteiger partial charge in [-0.05, 0) is 36.2 Å². The van der Waals surface area contributed by atoms with Crippen molar-refractivity contribution >= 4 is 21.7 Å². The van der Waals surface area contributed by atoms with Crippen LogP contribution in [-0.2, 0) is 14.6 Å². The highest BCUT2D eigenvalue weighted by Gasteiger charge is 2.25. The number of nitrogens with one attached hydrogen (secondary N) is 1. The largest absolute Gasteiger partial charge is 0.343 e. The summed E-state index contributed by atoms with van der Waals surface area (Å²) in [6.07, 6.45) is 2.50. The lowest BCUT2D eigenvalue weighted by atomic mass is 10.1. The maximum atomic E-state index is 12.7. The predicted octanol–water partition coefficient (Wildman–Crippen LogP) is 2.18. The first-order valence-corrected chi connectivity index (χ1v) is 10.7. The second-order valence-electron chi connectivity index (χ2n) is 6.68. The number of amides is 2. The van der Waals surface area contributed by atoms with Gasteiger partial charge in [-0.15, -0.1) is 0 Å². The number of nitrogens with zero attached hydrogens (tertiary/aromatic N) is 1. The summed E-state index contributed by atoms with van der Waals surface area (Å²) in [6, 6.07) is 15.0. The fraction of sp³-hybridized carbons (Fsp3) is 0.300. The van der Waals surface area contributed by atoms with Crippen LogP contribution in [0.4, 0.5) is 0 Å². The molecule has 27 heavy (non-hydrogen) atoms. The Hall–Kier alpha value is -2.67. The van der Waals surface area contributed by atoms with Gasteiger partial charge in [0.2, 0.25) is 5.91 Å². The molecule has 2 aromatic rings. The van der Waals surface area contributed by atoms with Gasteiger partial charge >= 0.3 is 0 Å². The molecule has 1 N–H and O–H groups in total. The molecule has 2 aromatic carbocycles. The van der Waals surface area contributed by atoms with Crippen LogP contribution in [0.2, 0.25) is 0 Å². The third-order valence-corrected chi connectivity index (χ3v) is 5.75. The summed E-state index contributed by atoms with van der Waals surface area (Å²) >= 11 is 0. The van der Waals surface area contributed by atoms with Crippen LogP contribution in [-0.4, -0.2) is 44.5 Å². The first-order valence-electron chi connectivity index (χ1n) is 8.78. The Bertz CT molecular complexity index is 924. The molecular formula is C20H22N2O4S. The number of sulfone groups is 1. The lowest BCUT2D eigenvalue weighted by molar-refractivity contribution is -0.128. The Labute approximate surface area is 159 Å². The summed E-state index contributed by atoms with van der Waals surface area (Å²) in [7, 11) is -3.31. The number of carbonyl (C=O) groups excluding carboxylic acids is 2. The molecule has 142 valence electrons. The Balaban J connectivity index is 1.78. The summed E-state index contributed by atoms with van der Waals surface area (Å²) in [5, 5.41) is 2.97. The van der Waals surface area contributed by atoms with Crippen molar-refractivity contribution in [3.8, 4) is 0 Å². The quantitative estimate of drug-likeness (QED) is 0.825. The minimum absolute atomic E-state index is 0.0997. The Kier molecular flexibility index (Phi) is 5.60. The molecule has 1 saturated heterocycles. The number of likely N-dealkylation sites (tertiary alicyclic amines) is 1. The van der Waals surface area contributed by atoms with Crippen LogP contribution in [0.3, 0.4) is 0 Å². The fourth-order valence-corrected chi connectivity index (χ4v) is 3.76. The first kappa shape index (κ1) is 19.1. The number of carbonyl (C=O) groups is 2. The third-order valence-electron chi connectivity index (χ3n) is 4.63. The molecule has 3 rings (SSSR count). The Morgan fingerprint density at radius 1 is 1.11 bits per heavy atom. The van der Waals surface area contributed by atoms with E-state index in [1.165, 1.54) is 24.3 Å². The van der Waals surface area contributed by atoms with Gasteiger partial charge in [0.05, 0.1) is 10.9 Å². The maximum Gasteiger partial charge on any atom is 0.251 e. The van der Waals surface area contributed by atoms with E-state index in [-0.39, 0.29) is 22.8 Å². The lowest BCUT2D eigenvalue weighted by Crippen LogP contribution is -2.38. The summed E-state index contributed by atoms with van der Waals surface area (Å²) in [4.78, 5) is 26.6. The van der Waals surface area contributed by atoms with Crippen molar-refractivity contribution in [1.29, 1.82) is 0 Å². The van der Waals surface area contributed by atoms with Gasteiger partial charge in [-0.1, -0.05) is 30.3 Å². The zero-order valence-electron chi connectivity index (χ0n) is 15.1. The highest BCUT2D eigenvalue weighted by atomic mass is 32.2. The van der Waals surface area contributed by atoms with Crippen LogP contribution in [0.1, 0.15) is 34.8 Å². The molecule has 0 radical (unpaired) electrons. The molecular weight excluding hydrogens is 364 g/mol. The monoisotopic (exact) mass is 386 g/mol. The van der Waals surface area contributed by atoms with E-state index in [2.05, 4.69) is 5.32 Å². The van der Waals surface area contributed by atoms with E-state index in [4.69, 9.17) is 0 Å². The van der Waals surface area contributed by atoms with Crippen LogP contribution in [0.15, 0.2) is 59.5 Å². The molecule has 0 unspecified atom stereocenters. The van der Waals surface area contributed by atoms with Crippen molar-refractivity contribution in [2.75, 3.05) is 19.3 Å². The van der Waals surface area contributed by atoms with Crippen LogP contribution in [0, 0.1) is 0 Å². The second kappa shape index (κ2) is 7.92. The molecule has 2 amide bonds. The molecule has 1 atom stereocenters. The molecule has 7 heteroatoms. The summed E-state index contributed by atoms with van der Waals surface area (Å²) in [5.41, 5.74) is 1.29. The van der Waals surface area contributed by atoms with Gasteiger partial charge in [-0.2, -0.15) is 0 Å². The molecule has 1 heterocycles. The van der Waals surface area contributed by atoms with Crippen molar-refractivity contribution in [2.45, 2.75) is 23.8 Å². The zero-order chi connectivity index (χ0) is 19.4. The summed E-state index contributed by atoms with van der Waals surface area (Å²) < 4.78 is 23.1. The highest BCUT2D eigenvalue weighted by molar-refractivity contribution is 7.90. The van der Waals surface area contributed by atoms with Gasteiger partial charge in [0.15, 0.2) is 9.84 Å². The van der Waals surface area contributed by atoms with E-state index < -0.39 is 9.84 Å². The van der Waals surface area contributed by atoms with Crippen molar-refractivity contribution in [3.05, 3.63) is 65.7 Å². The number of rotatable bonds is 6. The first-order chi connectivity index (χ1) is 12.8. The lowest BCUT2D eigenvalue weighted by Gasteiger charge is -2.25. The summed E-state index contributed by atoms with van der Waals surface area (Å²) in [5.74, 6) is -0.210. The third kappa shape index (κ3) is 4.74. The summed E-state index contributed by atoms with van der Waals surface area (Å²) in [6.45, 7) is 1.11. The molecule has 6 nitrogen and oxygen atoms in total. The average Bonchev–Trinajstić information content (AvgIpc) is 3.06. The molecule has 1 fully saturated rings. The number of hydrogen-bond donors (Lipinski definition) is 1. The SMILES string of the molecule is CS(=O)(=O)c1ccc(C(=O)N[C@H](CN2CCCC2=O)c2ccccc2)cc1. The normalized spacial score (nSPS) is 15.6. The Morgan fingerprint density at radius 2 is 1.78 bits per heavy atom. The van der Waals surface area contributed by atoms with Gasteiger partial charge in [-0.3, -0.25) is 9.59 Å². The van der Waals surface area contributed by atoms with Crippen LogP contribution >= 0.6 is 0 Å². The van der Waals surface area contributed by atoms with Crippen molar-refractivity contribution in [1.82, 2.24) is 10.2 Å². The smallest absolute Gasteiger partial charge is 0.251 e. The van der Waals surface area contributed by atoms with E-state index >= 15 is 0 Å². The van der Waals surface area contributed by atoms with E-state index in [0.717, 1.165) is 18.2 Å². The molecule has 1 aliphatic rings. The molecule has 0 bridgehead atoms. The molecule has 1 aliphatic heterocycles. The molecule has 0 aliphatic carbocycles. The van der Waals surface area contributed by atoms with E-state index in [1.807, 2.05) is 30.3 Å². The molecule has 0 aromatic heterocycles. The predicted molar refractivity (Wildman–Crippen MR) is 102 cm³/mol. The standard InChI is InChI=1S/C20H22N2O4S/c1-27(25,26)17-11-9-16(10-12-17)20(24)21-18(15-6-3-2-4-7-15)14-22-13-5-8-19(22)23/h2-4,6-7,9-12,18H,5,8,13-14H2,1H3,(H,21,24)/t18-/m1/s1. The van der Waals surface area contributed by atoms with Crippen LogP contribution in [0.25, 0.3) is 0 Å². The van der Waals surface area contributed by atoms with E-state index in [9.17, 15) is 18.0 Å². The minimum Gasteiger partial charge on any atom is -0.343 e. The van der Waals surface area contributed by atoms with Gasteiger partial charge in [0, 0.05) is 31.3 Å². The highest BCUT2D eigenvalue weighted by Crippen LogP contribution is 2.19. The average molecular weight is 386 g/mol. The van der Waals surface area contributed by atoms with E-state index in [1.54, 1.807) is 4.90 Å². The van der Waals surface area contributed by atoms with E-state index in [0.29, 0.717) is 25.1 Å². The molecule has 0 saturated carbocycles. The fourth-order valence-electron chi connectivity index (χ4n) is 3.13. The van der Waals surface area contributed by atoms with Crippen molar-refractivity contribution in [2.24, 2.45) is 0 Å². The van der Waals surface area contributed by atoms with Gasteiger partial charge in [0.1, 0.15) is 0 Å². The minimum atomic E-state index is -3.31. The number of benzene rings is 2. The number of hydrogen-bond acceptors (Lipinski definition) is 4.